The van der Waals surface area contributed by atoms with Crippen molar-refractivity contribution in [2.45, 2.75) is 45.1 Å². The zero-order valence-electron chi connectivity index (χ0n) is 18.2. The highest BCUT2D eigenvalue weighted by Gasteiger charge is 2.21. The summed E-state index contributed by atoms with van der Waals surface area (Å²) in [4.78, 5) is 7.21. The maximum absolute atomic E-state index is 5.96. The molecule has 7 heteroatoms. The van der Waals surface area contributed by atoms with Crippen molar-refractivity contribution in [2.75, 3.05) is 53.6 Å². The third-order valence-electron chi connectivity index (χ3n) is 4.97. The van der Waals surface area contributed by atoms with E-state index >= 15 is 0 Å². The van der Waals surface area contributed by atoms with E-state index in [9.17, 15) is 0 Å². The van der Waals surface area contributed by atoms with Gasteiger partial charge in [-0.3, -0.25) is 4.99 Å². The highest BCUT2D eigenvalue weighted by molar-refractivity contribution is 14.0. The summed E-state index contributed by atoms with van der Waals surface area (Å²) in [7, 11) is 3.43. The zero-order valence-corrected chi connectivity index (χ0v) is 20.5. The van der Waals surface area contributed by atoms with Gasteiger partial charge < -0.3 is 24.4 Å². The predicted molar refractivity (Wildman–Crippen MR) is 130 cm³/mol. The minimum atomic E-state index is 0. The molecule has 0 unspecified atom stereocenters. The van der Waals surface area contributed by atoms with Crippen LogP contribution in [0.5, 0.6) is 5.75 Å². The van der Waals surface area contributed by atoms with Gasteiger partial charge >= 0.3 is 0 Å². The first-order chi connectivity index (χ1) is 13.8. The van der Waals surface area contributed by atoms with Crippen LogP contribution in [0.4, 0.5) is 0 Å². The fourth-order valence-electron chi connectivity index (χ4n) is 3.37. The third-order valence-corrected chi connectivity index (χ3v) is 4.97. The summed E-state index contributed by atoms with van der Waals surface area (Å²) in [5, 5.41) is 3.44. The van der Waals surface area contributed by atoms with Crippen molar-refractivity contribution in [1.82, 2.24) is 10.2 Å². The molecule has 166 valence electrons. The van der Waals surface area contributed by atoms with Crippen molar-refractivity contribution in [1.29, 1.82) is 0 Å². The number of ether oxygens (including phenoxy) is 3. The van der Waals surface area contributed by atoms with Crippen molar-refractivity contribution in [3.8, 4) is 5.75 Å². The lowest BCUT2D eigenvalue weighted by Gasteiger charge is -2.34. The van der Waals surface area contributed by atoms with Crippen LogP contribution in [0.2, 0.25) is 0 Å². The summed E-state index contributed by atoms with van der Waals surface area (Å²) in [6.45, 7) is 7.41. The molecule has 0 aromatic heterocycles. The van der Waals surface area contributed by atoms with Gasteiger partial charge in [-0.25, -0.2) is 0 Å². The normalized spacial score (nSPS) is 15.1. The molecular weight excluding hydrogens is 481 g/mol. The zero-order chi connectivity index (χ0) is 20.0. The SMILES string of the molecule is CCNC(=NCCCc1ccc(OC)cc1)N1CCC(OCCCOC)CC1.I. The van der Waals surface area contributed by atoms with E-state index in [0.29, 0.717) is 6.10 Å². The van der Waals surface area contributed by atoms with Gasteiger partial charge in [0.2, 0.25) is 0 Å². The topological polar surface area (TPSA) is 55.3 Å². The van der Waals surface area contributed by atoms with E-state index in [2.05, 4.69) is 29.3 Å². The van der Waals surface area contributed by atoms with E-state index in [1.54, 1.807) is 14.2 Å². The molecule has 1 aromatic rings. The largest absolute Gasteiger partial charge is 0.497 e. The first-order valence-corrected chi connectivity index (χ1v) is 10.5. The quantitative estimate of drug-likeness (QED) is 0.209. The van der Waals surface area contributed by atoms with E-state index < -0.39 is 0 Å². The van der Waals surface area contributed by atoms with Crippen molar-refractivity contribution < 1.29 is 14.2 Å². The number of benzene rings is 1. The molecule has 0 bridgehead atoms. The Morgan fingerprint density at radius 3 is 2.45 bits per heavy atom. The summed E-state index contributed by atoms with van der Waals surface area (Å²) >= 11 is 0. The van der Waals surface area contributed by atoms with Crippen LogP contribution in [0, 0.1) is 0 Å². The summed E-state index contributed by atoms with van der Waals surface area (Å²) in [6.07, 6.45) is 5.53. The molecule has 1 aromatic carbocycles. The second kappa shape index (κ2) is 15.7. The monoisotopic (exact) mass is 519 g/mol. The van der Waals surface area contributed by atoms with Gasteiger partial charge in [0.15, 0.2) is 5.96 Å². The molecule has 0 atom stereocenters. The summed E-state index contributed by atoms with van der Waals surface area (Å²) in [6, 6.07) is 8.30. The van der Waals surface area contributed by atoms with Crippen LogP contribution >= 0.6 is 24.0 Å². The van der Waals surface area contributed by atoms with Crippen LogP contribution in [0.3, 0.4) is 0 Å². The Kier molecular flexibility index (Phi) is 14.1. The number of hydrogen-bond acceptors (Lipinski definition) is 4. The number of guanidine groups is 1. The van der Waals surface area contributed by atoms with Gasteiger partial charge in [-0.2, -0.15) is 0 Å². The fourth-order valence-corrected chi connectivity index (χ4v) is 3.37. The second-order valence-corrected chi connectivity index (χ2v) is 7.09. The Balaban J connectivity index is 0.00000420. The minimum absolute atomic E-state index is 0. The molecule has 1 aliphatic rings. The fraction of sp³-hybridized carbons (Fsp3) is 0.682. The lowest BCUT2D eigenvalue weighted by molar-refractivity contribution is 0.00990. The Morgan fingerprint density at radius 1 is 1.10 bits per heavy atom. The van der Waals surface area contributed by atoms with E-state index in [1.807, 2.05) is 12.1 Å². The van der Waals surface area contributed by atoms with Crippen LogP contribution in [0.15, 0.2) is 29.3 Å². The number of aryl methyl sites for hydroxylation is 1. The van der Waals surface area contributed by atoms with Crippen LogP contribution < -0.4 is 10.1 Å². The molecule has 0 amide bonds. The number of rotatable bonds is 11. The van der Waals surface area contributed by atoms with Gasteiger partial charge in [0.05, 0.1) is 13.2 Å². The van der Waals surface area contributed by atoms with E-state index in [1.165, 1.54) is 5.56 Å². The highest BCUT2D eigenvalue weighted by atomic mass is 127. The Hall–Kier alpha value is -1.06. The predicted octanol–water partition coefficient (Wildman–Crippen LogP) is 3.73. The average Bonchev–Trinajstić information content (AvgIpc) is 2.74. The second-order valence-electron chi connectivity index (χ2n) is 7.09. The smallest absolute Gasteiger partial charge is 0.193 e. The highest BCUT2D eigenvalue weighted by Crippen LogP contribution is 2.15. The molecule has 1 saturated heterocycles. The van der Waals surface area contributed by atoms with E-state index in [-0.39, 0.29) is 24.0 Å². The molecule has 29 heavy (non-hydrogen) atoms. The van der Waals surface area contributed by atoms with E-state index in [4.69, 9.17) is 19.2 Å². The summed E-state index contributed by atoms with van der Waals surface area (Å²) in [5.41, 5.74) is 1.33. The maximum atomic E-state index is 5.96. The first-order valence-electron chi connectivity index (χ1n) is 10.5. The lowest BCUT2D eigenvalue weighted by atomic mass is 10.1. The third kappa shape index (κ3) is 10.00. The first kappa shape index (κ1) is 26.0. The van der Waals surface area contributed by atoms with Gasteiger partial charge in [0.25, 0.3) is 0 Å². The molecule has 1 heterocycles. The molecule has 0 saturated carbocycles. The molecule has 6 nitrogen and oxygen atoms in total. The number of piperidine rings is 1. The van der Waals surface area contributed by atoms with Gasteiger partial charge in [0, 0.05) is 46.5 Å². The van der Waals surface area contributed by atoms with Crippen molar-refractivity contribution in [2.24, 2.45) is 4.99 Å². The number of hydrogen-bond donors (Lipinski definition) is 1. The number of likely N-dealkylation sites (tertiary alicyclic amines) is 1. The van der Waals surface area contributed by atoms with Gasteiger partial charge in [0.1, 0.15) is 5.75 Å². The van der Waals surface area contributed by atoms with Gasteiger partial charge in [-0.1, -0.05) is 12.1 Å². The van der Waals surface area contributed by atoms with Crippen LogP contribution in [0.1, 0.15) is 38.2 Å². The van der Waals surface area contributed by atoms with Crippen LogP contribution in [-0.4, -0.2) is 70.6 Å². The van der Waals surface area contributed by atoms with Gasteiger partial charge in [-0.15, -0.1) is 24.0 Å². The minimum Gasteiger partial charge on any atom is -0.497 e. The van der Waals surface area contributed by atoms with Gasteiger partial charge in [-0.05, 0) is 56.7 Å². The molecule has 1 fully saturated rings. The number of halogens is 1. The Bertz CT molecular complexity index is 561. The van der Waals surface area contributed by atoms with Crippen LogP contribution in [0.25, 0.3) is 0 Å². The van der Waals surface area contributed by atoms with Crippen molar-refractivity contribution in [3.05, 3.63) is 29.8 Å². The maximum Gasteiger partial charge on any atom is 0.193 e. The molecular formula is C22H38IN3O3. The number of nitrogens with zero attached hydrogens (tertiary/aromatic N) is 2. The standard InChI is InChI=1S/C22H37N3O3.HI/c1-4-23-22(24-14-5-7-19-8-10-20(27-3)11-9-19)25-15-12-21(13-16-25)28-18-6-17-26-2;/h8-11,21H,4-7,12-18H2,1-3H3,(H,23,24);1H. The molecule has 2 rings (SSSR count). The number of aliphatic imine (C=N–C) groups is 1. The molecule has 0 spiro atoms. The van der Waals surface area contributed by atoms with Crippen LogP contribution in [-0.2, 0) is 15.9 Å². The number of methoxy groups -OCH3 is 2. The molecule has 0 radical (unpaired) electrons. The molecule has 1 aliphatic heterocycles. The lowest BCUT2D eigenvalue weighted by Crippen LogP contribution is -2.47. The summed E-state index contributed by atoms with van der Waals surface area (Å²) < 4.78 is 16.2. The molecule has 0 aliphatic carbocycles. The average molecular weight is 519 g/mol. The van der Waals surface area contributed by atoms with Crippen molar-refractivity contribution >= 4 is 29.9 Å². The number of nitrogens with one attached hydrogen (secondary N) is 1. The summed E-state index contributed by atoms with van der Waals surface area (Å²) in [5.74, 6) is 1.94. The Morgan fingerprint density at radius 2 is 1.83 bits per heavy atom. The Labute approximate surface area is 193 Å². The molecule has 1 N–H and O–H groups in total. The van der Waals surface area contributed by atoms with Crippen molar-refractivity contribution in [3.63, 3.8) is 0 Å². The van der Waals surface area contributed by atoms with E-state index in [0.717, 1.165) is 83.2 Å².